The number of rotatable bonds is 8. The lowest BCUT2D eigenvalue weighted by Crippen LogP contribution is -2.36. The Hall–Kier alpha value is -1.26. The molecule has 1 aliphatic rings. The smallest absolute Gasteiger partial charge is 0.306 e. The summed E-state index contributed by atoms with van der Waals surface area (Å²) in [4.78, 5) is 15.8. The summed E-state index contributed by atoms with van der Waals surface area (Å²) in [6, 6.07) is 2.21. The number of aliphatic imine (C=N–C) groups is 1. The summed E-state index contributed by atoms with van der Waals surface area (Å²) in [5.41, 5.74) is 3.19. The summed E-state index contributed by atoms with van der Waals surface area (Å²) in [6.07, 6.45) is 2.88. The van der Waals surface area contributed by atoms with Gasteiger partial charge in [-0.05, 0) is 26.7 Å². The number of nitriles is 1. The van der Waals surface area contributed by atoms with Crippen molar-refractivity contribution >= 4 is 22.9 Å². The van der Waals surface area contributed by atoms with Gasteiger partial charge in [0.1, 0.15) is 6.67 Å². The Bertz CT molecular complexity index is 406. The van der Waals surface area contributed by atoms with Crippen LogP contribution in [0.2, 0.25) is 0 Å². The van der Waals surface area contributed by atoms with E-state index in [0.29, 0.717) is 13.1 Å². The minimum atomic E-state index is -0.290. The fourth-order valence-electron chi connectivity index (χ4n) is 1.75. The van der Waals surface area contributed by atoms with Gasteiger partial charge in [0, 0.05) is 13.0 Å². The SMILES string of the molecule is CCCCN1CN=C(SC(C#N)CCC(=O)OC(C)C)N1. The van der Waals surface area contributed by atoms with Crippen LogP contribution in [0.4, 0.5) is 0 Å². The van der Waals surface area contributed by atoms with Crippen LogP contribution in [0.15, 0.2) is 4.99 Å². The average Bonchev–Trinajstić information content (AvgIpc) is 2.88. The van der Waals surface area contributed by atoms with Crippen molar-refractivity contribution in [3.8, 4) is 6.07 Å². The maximum absolute atomic E-state index is 11.5. The fraction of sp³-hybridized carbons (Fsp3) is 0.786. The molecule has 1 N–H and O–H groups in total. The molecule has 0 saturated heterocycles. The first-order valence-corrected chi connectivity index (χ1v) is 8.25. The molecule has 6 nitrogen and oxygen atoms in total. The highest BCUT2D eigenvalue weighted by atomic mass is 32.2. The van der Waals surface area contributed by atoms with E-state index in [2.05, 4.69) is 23.4 Å². The van der Waals surface area contributed by atoms with E-state index in [0.717, 1.165) is 24.6 Å². The van der Waals surface area contributed by atoms with E-state index in [9.17, 15) is 4.79 Å². The van der Waals surface area contributed by atoms with Crippen molar-refractivity contribution < 1.29 is 9.53 Å². The van der Waals surface area contributed by atoms with E-state index in [4.69, 9.17) is 10.00 Å². The lowest BCUT2D eigenvalue weighted by Gasteiger charge is -2.16. The highest BCUT2D eigenvalue weighted by Gasteiger charge is 2.20. The van der Waals surface area contributed by atoms with Gasteiger partial charge in [-0.15, -0.1) is 0 Å². The van der Waals surface area contributed by atoms with Crippen molar-refractivity contribution in [1.29, 1.82) is 5.26 Å². The number of carbonyl (C=O) groups is 1. The van der Waals surface area contributed by atoms with Crippen LogP contribution < -0.4 is 5.43 Å². The van der Waals surface area contributed by atoms with Crippen LogP contribution in [0.1, 0.15) is 46.5 Å². The van der Waals surface area contributed by atoms with Gasteiger partial charge in [0.05, 0.1) is 17.4 Å². The summed E-state index contributed by atoms with van der Waals surface area (Å²) in [5.74, 6) is -0.253. The molecular weight excluding hydrogens is 288 g/mol. The second-order valence-electron chi connectivity index (χ2n) is 5.15. The number of thioether (sulfide) groups is 1. The van der Waals surface area contributed by atoms with Crippen LogP contribution in [-0.4, -0.2) is 40.7 Å². The first-order valence-electron chi connectivity index (χ1n) is 7.37. The molecule has 0 aromatic rings. The Kier molecular flexibility index (Phi) is 8.16. The molecule has 0 aliphatic carbocycles. The Balaban J connectivity index is 2.29. The molecule has 1 unspecified atom stereocenters. The van der Waals surface area contributed by atoms with Gasteiger partial charge in [-0.25, -0.2) is 10.0 Å². The van der Waals surface area contributed by atoms with Gasteiger partial charge >= 0.3 is 5.97 Å². The quantitative estimate of drug-likeness (QED) is 0.693. The molecule has 0 aromatic carbocycles. The molecule has 21 heavy (non-hydrogen) atoms. The second-order valence-corrected chi connectivity index (χ2v) is 6.34. The Morgan fingerprint density at radius 1 is 1.62 bits per heavy atom. The van der Waals surface area contributed by atoms with E-state index in [1.165, 1.54) is 11.8 Å². The molecule has 7 heteroatoms. The van der Waals surface area contributed by atoms with E-state index in [1.807, 2.05) is 18.9 Å². The lowest BCUT2D eigenvalue weighted by molar-refractivity contribution is -0.147. The van der Waals surface area contributed by atoms with E-state index < -0.39 is 0 Å². The number of amidine groups is 1. The summed E-state index contributed by atoms with van der Waals surface area (Å²) >= 11 is 1.38. The molecule has 0 spiro atoms. The molecule has 1 heterocycles. The van der Waals surface area contributed by atoms with Crippen molar-refractivity contribution in [3.63, 3.8) is 0 Å². The van der Waals surface area contributed by atoms with Crippen molar-refractivity contribution in [1.82, 2.24) is 10.4 Å². The molecule has 1 atom stereocenters. The second kappa shape index (κ2) is 9.64. The largest absolute Gasteiger partial charge is 0.463 e. The Labute approximate surface area is 130 Å². The van der Waals surface area contributed by atoms with E-state index >= 15 is 0 Å². The number of hydrazine groups is 1. The molecule has 0 radical (unpaired) electrons. The number of esters is 1. The predicted octanol–water partition coefficient (Wildman–Crippen LogP) is 2.28. The van der Waals surface area contributed by atoms with Gasteiger partial charge in [0.2, 0.25) is 0 Å². The van der Waals surface area contributed by atoms with Crippen LogP contribution >= 0.6 is 11.8 Å². The van der Waals surface area contributed by atoms with Crippen LogP contribution in [-0.2, 0) is 9.53 Å². The maximum atomic E-state index is 11.5. The zero-order chi connectivity index (χ0) is 15.7. The van der Waals surface area contributed by atoms with Gasteiger partial charge in [-0.1, -0.05) is 25.1 Å². The topological polar surface area (TPSA) is 77.7 Å². The maximum Gasteiger partial charge on any atom is 0.306 e. The first-order chi connectivity index (χ1) is 10.0. The standard InChI is InChI=1S/C14H24N4O2S/c1-4-5-8-18-10-16-14(17-18)21-12(9-15)6-7-13(19)20-11(2)3/h11-12H,4-8,10H2,1-3H3,(H,16,17). The molecule has 1 rings (SSSR count). The normalized spacial score (nSPS) is 16.2. The molecule has 0 bridgehead atoms. The van der Waals surface area contributed by atoms with Crippen molar-refractivity contribution in [3.05, 3.63) is 0 Å². The minimum Gasteiger partial charge on any atom is -0.463 e. The predicted molar refractivity (Wildman–Crippen MR) is 84.5 cm³/mol. The van der Waals surface area contributed by atoms with Crippen LogP contribution in [0.3, 0.4) is 0 Å². The van der Waals surface area contributed by atoms with Crippen molar-refractivity contribution in [2.24, 2.45) is 4.99 Å². The fourth-order valence-corrected chi connectivity index (χ4v) is 2.62. The molecule has 0 fully saturated rings. The number of ether oxygens (including phenoxy) is 1. The summed E-state index contributed by atoms with van der Waals surface area (Å²) in [7, 11) is 0. The number of nitrogens with one attached hydrogen (secondary N) is 1. The molecule has 0 saturated carbocycles. The molecule has 0 aromatic heterocycles. The Morgan fingerprint density at radius 3 is 3.00 bits per heavy atom. The zero-order valence-corrected chi connectivity index (χ0v) is 13.8. The third-order valence-electron chi connectivity index (χ3n) is 2.80. The average molecular weight is 312 g/mol. The van der Waals surface area contributed by atoms with Crippen molar-refractivity contribution in [2.45, 2.75) is 57.8 Å². The number of nitrogens with zero attached hydrogens (tertiary/aromatic N) is 3. The number of carbonyl (C=O) groups excluding carboxylic acids is 1. The van der Waals surface area contributed by atoms with Crippen LogP contribution in [0.5, 0.6) is 0 Å². The summed E-state index contributed by atoms with van der Waals surface area (Å²) in [5, 5.41) is 11.7. The monoisotopic (exact) mass is 312 g/mol. The van der Waals surface area contributed by atoms with Gasteiger partial charge in [-0.2, -0.15) is 5.26 Å². The summed E-state index contributed by atoms with van der Waals surface area (Å²) in [6.45, 7) is 7.35. The first kappa shape index (κ1) is 17.8. The third-order valence-corrected chi connectivity index (χ3v) is 3.87. The lowest BCUT2D eigenvalue weighted by atomic mass is 10.2. The molecule has 118 valence electrons. The highest BCUT2D eigenvalue weighted by Crippen LogP contribution is 2.19. The van der Waals surface area contributed by atoms with Gasteiger partial charge in [0.25, 0.3) is 0 Å². The molecule has 0 amide bonds. The van der Waals surface area contributed by atoms with Crippen molar-refractivity contribution in [2.75, 3.05) is 13.2 Å². The van der Waals surface area contributed by atoms with Gasteiger partial charge < -0.3 is 4.74 Å². The van der Waals surface area contributed by atoms with Gasteiger partial charge in [-0.3, -0.25) is 10.2 Å². The van der Waals surface area contributed by atoms with Gasteiger partial charge in [0.15, 0.2) is 5.17 Å². The van der Waals surface area contributed by atoms with E-state index in [-0.39, 0.29) is 23.7 Å². The van der Waals surface area contributed by atoms with Crippen LogP contribution in [0.25, 0.3) is 0 Å². The Morgan fingerprint density at radius 2 is 2.38 bits per heavy atom. The highest BCUT2D eigenvalue weighted by molar-refractivity contribution is 8.14. The number of hydrogen-bond acceptors (Lipinski definition) is 7. The van der Waals surface area contributed by atoms with E-state index in [1.54, 1.807) is 0 Å². The van der Waals surface area contributed by atoms with Crippen LogP contribution in [0, 0.1) is 11.3 Å². The molecule has 1 aliphatic heterocycles. The number of hydrogen-bond donors (Lipinski definition) is 1. The number of unbranched alkanes of at least 4 members (excludes halogenated alkanes) is 1. The summed E-state index contributed by atoms with van der Waals surface area (Å²) < 4.78 is 5.06. The molecular formula is C14H24N4O2S. The zero-order valence-electron chi connectivity index (χ0n) is 13.0. The minimum absolute atomic E-state index is 0.112. The third kappa shape index (κ3) is 7.34.